The molecule has 2 heterocycles. The van der Waals surface area contributed by atoms with E-state index in [1.54, 1.807) is 0 Å². The lowest BCUT2D eigenvalue weighted by molar-refractivity contribution is -0.124. The maximum atomic E-state index is 12.6. The molecule has 4 nitrogen and oxygen atoms in total. The van der Waals surface area contributed by atoms with Gasteiger partial charge in [0.2, 0.25) is 5.91 Å². The zero-order chi connectivity index (χ0) is 16.3. The van der Waals surface area contributed by atoms with E-state index in [1.165, 1.54) is 32.1 Å². The Hall–Kier alpha value is -1.84. The predicted octanol–water partition coefficient (Wildman–Crippen LogP) is 3.13. The van der Waals surface area contributed by atoms with Gasteiger partial charge in [0, 0.05) is 18.4 Å². The maximum Gasteiger partial charge on any atom is 0.226 e. The number of carbonyl (C=O) groups is 1. The van der Waals surface area contributed by atoms with Crippen molar-refractivity contribution in [3.8, 4) is 0 Å². The molecule has 0 aliphatic heterocycles. The van der Waals surface area contributed by atoms with Crippen LogP contribution >= 0.6 is 0 Å². The van der Waals surface area contributed by atoms with E-state index in [0.717, 1.165) is 40.6 Å². The molecule has 4 aliphatic carbocycles. The molecule has 4 heteroatoms. The van der Waals surface area contributed by atoms with E-state index in [9.17, 15) is 4.79 Å². The van der Waals surface area contributed by atoms with Crippen LogP contribution in [-0.2, 0) is 11.2 Å². The lowest BCUT2D eigenvalue weighted by Crippen LogP contribution is -2.56. The fourth-order valence-electron chi connectivity index (χ4n) is 5.85. The quantitative estimate of drug-likeness (QED) is 0.943. The molecular weight excluding hydrogens is 298 g/mol. The van der Waals surface area contributed by atoms with E-state index < -0.39 is 0 Å². The van der Waals surface area contributed by atoms with Crippen LogP contribution in [0.4, 0.5) is 0 Å². The topological polar surface area (TPSA) is 46.4 Å². The number of carbonyl (C=O) groups excluding carboxylic acids is 1. The van der Waals surface area contributed by atoms with Crippen molar-refractivity contribution in [1.82, 2.24) is 14.7 Å². The summed E-state index contributed by atoms with van der Waals surface area (Å²) >= 11 is 0. The number of imidazole rings is 1. The third-order valence-electron chi connectivity index (χ3n) is 6.62. The molecule has 4 bridgehead atoms. The Morgan fingerprint density at radius 1 is 1.21 bits per heavy atom. The molecule has 0 saturated heterocycles. The molecule has 0 atom stereocenters. The number of nitrogens with zero attached hydrogens (tertiary/aromatic N) is 2. The average molecular weight is 323 g/mol. The Morgan fingerprint density at radius 3 is 2.58 bits per heavy atom. The highest BCUT2D eigenvalue weighted by Crippen LogP contribution is 2.53. The molecule has 24 heavy (non-hydrogen) atoms. The third kappa shape index (κ3) is 2.35. The van der Waals surface area contributed by atoms with Gasteiger partial charge >= 0.3 is 0 Å². The minimum absolute atomic E-state index is 0.147. The number of amides is 1. The smallest absolute Gasteiger partial charge is 0.226 e. The van der Waals surface area contributed by atoms with Crippen molar-refractivity contribution >= 4 is 11.6 Å². The molecule has 0 aromatic carbocycles. The number of hydrogen-bond donors (Lipinski definition) is 1. The number of rotatable bonds is 3. The zero-order valence-electron chi connectivity index (χ0n) is 14.2. The SMILES string of the molecule is Cc1cccn2cc(CC(=O)NC3C4CC5CC(C4)CC3C5)nc12. The first-order chi connectivity index (χ1) is 11.7. The van der Waals surface area contributed by atoms with Crippen molar-refractivity contribution in [2.75, 3.05) is 0 Å². The van der Waals surface area contributed by atoms with Gasteiger partial charge in [0.05, 0.1) is 12.1 Å². The summed E-state index contributed by atoms with van der Waals surface area (Å²) < 4.78 is 2.01. The second-order valence-corrected chi connectivity index (χ2v) is 8.36. The Morgan fingerprint density at radius 2 is 1.92 bits per heavy atom. The predicted molar refractivity (Wildman–Crippen MR) is 92.6 cm³/mol. The number of hydrogen-bond acceptors (Lipinski definition) is 2. The fraction of sp³-hybridized carbons (Fsp3) is 0.600. The van der Waals surface area contributed by atoms with E-state index in [1.807, 2.05) is 22.9 Å². The molecule has 4 saturated carbocycles. The second kappa shape index (κ2) is 5.33. The monoisotopic (exact) mass is 323 g/mol. The summed E-state index contributed by atoms with van der Waals surface area (Å²) in [6, 6.07) is 4.49. The summed E-state index contributed by atoms with van der Waals surface area (Å²) in [7, 11) is 0. The molecule has 2 aromatic heterocycles. The Kier molecular flexibility index (Phi) is 3.22. The van der Waals surface area contributed by atoms with Crippen LogP contribution in [0.25, 0.3) is 5.65 Å². The largest absolute Gasteiger partial charge is 0.352 e. The van der Waals surface area contributed by atoms with Crippen molar-refractivity contribution in [2.24, 2.45) is 23.7 Å². The van der Waals surface area contributed by atoms with Crippen molar-refractivity contribution < 1.29 is 4.79 Å². The number of fused-ring (bicyclic) bond motifs is 1. The van der Waals surface area contributed by atoms with Gasteiger partial charge in [0.15, 0.2) is 0 Å². The Bertz CT molecular complexity index is 765. The molecule has 1 N–H and O–H groups in total. The third-order valence-corrected chi connectivity index (χ3v) is 6.62. The first-order valence-electron chi connectivity index (χ1n) is 9.38. The van der Waals surface area contributed by atoms with E-state index in [4.69, 9.17) is 0 Å². The van der Waals surface area contributed by atoms with Crippen LogP contribution in [0.2, 0.25) is 0 Å². The number of nitrogens with one attached hydrogen (secondary N) is 1. The maximum absolute atomic E-state index is 12.6. The highest BCUT2D eigenvalue weighted by Gasteiger charge is 2.48. The molecule has 126 valence electrons. The van der Waals surface area contributed by atoms with E-state index >= 15 is 0 Å². The van der Waals surface area contributed by atoms with Crippen molar-refractivity contribution in [3.05, 3.63) is 35.8 Å². The second-order valence-electron chi connectivity index (χ2n) is 8.36. The van der Waals surface area contributed by atoms with E-state index in [2.05, 4.69) is 23.3 Å². The van der Waals surface area contributed by atoms with Gasteiger partial charge in [-0.15, -0.1) is 0 Å². The minimum Gasteiger partial charge on any atom is -0.352 e. The van der Waals surface area contributed by atoms with Crippen LogP contribution in [0.5, 0.6) is 0 Å². The molecular formula is C20H25N3O. The fourth-order valence-corrected chi connectivity index (χ4v) is 5.85. The van der Waals surface area contributed by atoms with Gasteiger partial charge in [-0.1, -0.05) is 6.07 Å². The summed E-state index contributed by atoms with van der Waals surface area (Å²) in [6.07, 6.45) is 11.2. The highest BCUT2D eigenvalue weighted by molar-refractivity contribution is 5.78. The first kappa shape index (κ1) is 14.5. The summed E-state index contributed by atoms with van der Waals surface area (Å²) in [5.74, 6) is 3.50. The lowest BCUT2D eigenvalue weighted by atomic mass is 9.54. The Labute approximate surface area is 142 Å². The molecule has 2 aromatic rings. The highest BCUT2D eigenvalue weighted by atomic mass is 16.1. The standard InChI is InChI=1S/C20H25N3O/c1-12-3-2-4-23-11-17(21-20(12)23)10-18(24)22-19-15-6-13-5-14(8-15)9-16(19)7-13/h2-4,11,13-16,19H,5-10H2,1H3,(H,22,24). The summed E-state index contributed by atoms with van der Waals surface area (Å²) in [6.45, 7) is 2.06. The van der Waals surface area contributed by atoms with Gasteiger partial charge in [-0.3, -0.25) is 4.79 Å². The van der Waals surface area contributed by atoms with E-state index in [0.29, 0.717) is 12.5 Å². The minimum atomic E-state index is 0.147. The summed E-state index contributed by atoms with van der Waals surface area (Å²) in [5.41, 5.74) is 2.96. The molecule has 1 amide bonds. The van der Waals surface area contributed by atoms with Crippen LogP contribution in [0.15, 0.2) is 24.5 Å². The summed E-state index contributed by atoms with van der Waals surface area (Å²) in [4.78, 5) is 17.2. The number of aryl methyl sites for hydroxylation is 1. The van der Waals surface area contributed by atoms with Crippen LogP contribution in [0, 0.1) is 30.6 Å². The van der Waals surface area contributed by atoms with Gasteiger partial charge in [0.25, 0.3) is 0 Å². The molecule has 4 fully saturated rings. The van der Waals surface area contributed by atoms with Crippen molar-refractivity contribution in [2.45, 2.75) is 51.5 Å². The van der Waals surface area contributed by atoms with Crippen LogP contribution < -0.4 is 5.32 Å². The van der Waals surface area contributed by atoms with Gasteiger partial charge < -0.3 is 9.72 Å². The molecule has 0 spiro atoms. The molecule has 6 rings (SSSR count). The van der Waals surface area contributed by atoms with Crippen molar-refractivity contribution in [1.29, 1.82) is 0 Å². The average Bonchev–Trinajstić information content (AvgIpc) is 2.94. The van der Waals surface area contributed by atoms with Gasteiger partial charge in [-0.2, -0.15) is 0 Å². The normalized spacial score (nSPS) is 34.0. The number of pyridine rings is 1. The van der Waals surface area contributed by atoms with Gasteiger partial charge in [-0.25, -0.2) is 4.98 Å². The molecule has 0 radical (unpaired) electrons. The number of aromatic nitrogens is 2. The summed E-state index contributed by atoms with van der Waals surface area (Å²) in [5, 5.41) is 3.38. The lowest BCUT2D eigenvalue weighted by Gasteiger charge is -2.54. The molecule has 4 aliphatic rings. The van der Waals surface area contributed by atoms with Gasteiger partial charge in [-0.05, 0) is 74.3 Å². The molecule has 0 unspecified atom stereocenters. The van der Waals surface area contributed by atoms with Gasteiger partial charge in [0.1, 0.15) is 5.65 Å². The van der Waals surface area contributed by atoms with Crippen LogP contribution in [0.3, 0.4) is 0 Å². The Balaban J connectivity index is 1.29. The van der Waals surface area contributed by atoms with E-state index in [-0.39, 0.29) is 5.91 Å². The van der Waals surface area contributed by atoms with Crippen molar-refractivity contribution in [3.63, 3.8) is 0 Å². The first-order valence-corrected chi connectivity index (χ1v) is 9.38. The zero-order valence-corrected chi connectivity index (χ0v) is 14.2. The van der Waals surface area contributed by atoms with Crippen LogP contribution in [0.1, 0.15) is 43.4 Å². The van der Waals surface area contributed by atoms with Crippen LogP contribution in [-0.4, -0.2) is 21.3 Å².